The van der Waals surface area contributed by atoms with Crippen molar-refractivity contribution in [3.05, 3.63) is 87.8 Å². The Balaban J connectivity index is 1.69. The van der Waals surface area contributed by atoms with Crippen molar-refractivity contribution in [2.45, 2.75) is 26.9 Å². The van der Waals surface area contributed by atoms with Gasteiger partial charge in [-0.2, -0.15) is 9.50 Å². The first kappa shape index (κ1) is 21.5. The van der Waals surface area contributed by atoms with Crippen molar-refractivity contribution in [1.82, 2.24) is 24.1 Å². The highest BCUT2D eigenvalue weighted by molar-refractivity contribution is 5.76. The van der Waals surface area contributed by atoms with E-state index >= 15 is 0 Å². The van der Waals surface area contributed by atoms with Crippen molar-refractivity contribution in [2.24, 2.45) is 0 Å². The number of hydrogen-bond donors (Lipinski definition) is 1. The van der Waals surface area contributed by atoms with E-state index in [0.717, 1.165) is 16.7 Å². The van der Waals surface area contributed by atoms with E-state index in [1.807, 2.05) is 61.5 Å². The van der Waals surface area contributed by atoms with Crippen LogP contribution in [0.25, 0.3) is 17.2 Å². The van der Waals surface area contributed by atoms with Gasteiger partial charge in [-0.25, -0.2) is 0 Å². The average molecular weight is 431 g/mol. The molecule has 4 aromatic rings. The maximum Gasteiger partial charge on any atom is 0.275 e. The minimum Gasteiger partial charge on any atom is -0.395 e. The Bertz CT molecular complexity index is 1310. The highest BCUT2D eigenvalue weighted by Crippen LogP contribution is 2.18. The quantitative estimate of drug-likeness (QED) is 0.484. The molecule has 2 heterocycles. The Hall–Kier alpha value is -3.78. The van der Waals surface area contributed by atoms with Crippen molar-refractivity contribution in [3.8, 4) is 11.4 Å². The zero-order chi connectivity index (χ0) is 22.7. The largest absolute Gasteiger partial charge is 0.395 e. The molecular formula is C24H25N5O3. The maximum atomic E-state index is 13.2. The van der Waals surface area contributed by atoms with Crippen LogP contribution < -0.4 is 5.56 Å². The summed E-state index contributed by atoms with van der Waals surface area (Å²) in [6.07, 6.45) is 0. The molecule has 0 aliphatic carbocycles. The van der Waals surface area contributed by atoms with E-state index in [9.17, 15) is 14.7 Å². The molecule has 0 spiro atoms. The number of carbonyl (C=O) groups is 1. The minimum atomic E-state index is -0.302. The monoisotopic (exact) mass is 431 g/mol. The van der Waals surface area contributed by atoms with Crippen LogP contribution in [0.1, 0.15) is 16.8 Å². The molecule has 2 aromatic carbocycles. The van der Waals surface area contributed by atoms with Gasteiger partial charge < -0.3 is 14.6 Å². The van der Waals surface area contributed by atoms with Gasteiger partial charge in [-0.3, -0.25) is 9.59 Å². The fourth-order valence-electron chi connectivity index (χ4n) is 3.66. The van der Waals surface area contributed by atoms with Gasteiger partial charge in [0.2, 0.25) is 11.7 Å². The molecule has 0 saturated carbocycles. The molecule has 32 heavy (non-hydrogen) atoms. The van der Waals surface area contributed by atoms with E-state index in [1.54, 1.807) is 16.4 Å². The van der Waals surface area contributed by atoms with Crippen LogP contribution >= 0.6 is 0 Å². The third kappa shape index (κ3) is 4.45. The number of rotatable bonds is 7. The molecule has 0 unspecified atom stereocenters. The number of carbonyl (C=O) groups excluding carboxylic acids is 1. The van der Waals surface area contributed by atoms with E-state index in [4.69, 9.17) is 0 Å². The van der Waals surface area contributed by atoms with Gasteiger partial charge in [0.05, 0.1) is 6.61 Å². The number of aliphatic hydroxyl groups is 1. The summed E-state index contributed by atoms with van der Waals surface area (Å²) >= 11 is 0. The van der Waals surface area contributed by atoms with Gasteiger partial charge in [0.15, 0.2) is 5.82 Å². The second-order valence-electron chi connectivity index (χ2n) is 7.75. The lowest BCUT2D eigenvalue weighted by atomic mass is 10.1. The van der Waals surface area contributed by atoms with Gasteiger partial charge >= 0.3 is 0 Å². The zero-order valence-electron chi connectivity index (χ0n) is 18.1. The molecule has 1 amide bonds. The summed E-state index contributed by atoms with van der Waals surface area (Å²) in [4.78, 5) is 31.9. The molecule has 2 aromatic heterocycles. The molecule has 0 bridgehead atoms. The average Bonchev–Trinajstić information content (AvgIpc) is 3.23. The molecule has 0 aliphatic rings. The van der Waals surface area contributed by atoms with E-state index < -0.39 is 0 Å². The Morgan fingerprint density at radius 3 is 2.56 bits per heavy atom. The van der Waals surface area contributed by atoms with Gasteiger partial charge in [0.25, 0.3) is 5.56 Å². The number of hydrogen-bond acceptors (Lipinski definition) is 5. The molecule has 0 atom stereocenters. The van der Waals surface area contributed by atoms with Crippen molar-refractivity contribution in [2.75, 3.05) is 13.2 Å². The van der Waals surface area contributed by atoms with Crippen LogP contribution in [0.5, 0.6) is 0 Å². The van der Waals surface area contributed by atoms with Crippen LogP contribution in [0.3, 0.4) is 0 Å². The number of aliphatic hydroxyl groups excluding tert-OH is 1. The summed E-state index contributed by atoms with van der Waals surface area (Å²) in [7, 11) is 0. The number of benzene rings is 2. The number of aryl methyl sites for hydroxylation is 2. The highest BCUT2D eigenvalue weighted by atomic mass is 16.3. The normalized spacial score (nSPS) is 11.1. The second-order valence-corrected chi connectivity index (χ2v) is 7.75. The Kier molecular flexibility index (Phi) is 6.13. The molecule has 164 valence electrons. The number of fused-ring (bicyclic) bond motifs is 1. The molecule has 0 fully saturated rings. The van der Waals surface area contributed by atoms with Crippen molar-refractivity contribution < 1.29 is 9.90 Å². The van der Waals surface area contributed by atoms with E-state index in [2.05, 4.69) is 10.1 Å². The summed E-state index contributed by atoms with van der Waals surface area (Å²) in [6, 6.07) is 18.8. The van der Waals surface area contributed by atoms with Crippen LogP contribution in [0.4, 0.5) is 0 Å². The third-order valence-corrected chi connectivity index (χ3v) is 5.31. The fourth-order valence-corrected chi connectivity index (χ4v) is 3.66. The first-order valence-corrected chi connectivity index (χ1v) is 10.4. The first-order valence-electron chi connectivity index (χ1n) is 10.4. The summed E-state index contributed by atoms with van der Waals surface area (Å²) in [6.45, 7) is 4.18. The van der Waals surface area contributed by atoms with E-state index in [1.165, 1.54) is 10.6 Å². The lowest BCUT2D eigenvalue weighted by molar-refractivity contribution is -0.133. The molecule has 4 rings (SSSR count). The predicted molar refractivity (Wildman–Crippen MR) is 121 cm³/mol. The van der Waals surface area contributed by atoms with Gasteiger partial charge in [-0.05, 0) is 25.5 Å². The topological polar surface area (TPSA) is 92.7 Å². The van der Waals surface area contributed by atoms with Crippen LogP contribution in [0.2, 0.25) is 0 Å². The molecule has 0 aliphatic heterocycles. The summed E-state index contributed by atoms with van der Waals surface area (Å²) in [5, 5.41) is 13.9. The predicted octanol–water partition coefficient (Wildman–Crippen LogP) is 2.20. The van der Waals surface area contributed by atoms with Gasteiger partial charge in [-0.15, -0.1) is 5.10 Å². The van der Waals surface area contributed by atoms with E-state index in [-0.39, 0.29) is 31.2 Å². The van der Waals surface area contributed by atoms with E-state index in [0.29, 0.717) is 23.8 Å². The standard InChI is InChI=1S/C24H25N5O3/c1-17-7-6-10-20(13-17)23-25-24-28(18(2)14-21(31)29(24)26-23)16-22(32)27(11-12-30)15-19-8-4-3-5-9-19/h3-10,13-14,30H,11-12,15-16H2,1-2H3. The third-order valence-electron chi connectivity index (χ3n) is 5.31. The van der Waals surface area contributed by atoms with Crippen LogP contribution in [0.15, 0.2) is 65.5 Å². The molecule has 0 saturated heterocycles. The number of nitrogens with zero attached hydrogens (tertiary/aromatic N) is 5. The van der Waals surface area contributed by atoms with Crippen molar-refractivity contribution in [1.29, 1.82) is 0 Å². The fraction of sp³-hybridized carbons (Fsp3) is 0.250. The van der Waals surface area contributed by atoms with Gasteiger partial charge in [-0.1, -0.05) is 54.1 Å². The van der Waals surface area contributed by atoms with Crippen LogP contribution in [-0.2, 0) is 17.9 Å². The van der Waals surface area contributed by atoms with Gasteiger partial charge in [0.1, 0.15) is 6.54 Å². The molecular weight excluding hydrogens is 406 g/mol. The van der Waals surface area contributed by atoms with Crippen molar-refractivity contribution in [3.63, 3.8) is 0 Å². The summed E-state index contributed by atoms with van der Waals surface area (Å²) in [5.41, 5.74) is 3.14. The lowest BCUT2D eigenvalue weighted by Gasteiger charge is -2.23. The zero-order valence-corrected chi connectivity index (χ0v) is 18.1. The Labute approximate surface area is 185 Å². The molecule has 8 nitrogen and oxygen atoms in total. The first-order chi connectivity index (χ1) is 15.5. The molecule has 0 radical (unpaired) electrons. The number of aromatic nitrogens is 4. The smallest absolute Gasteiger partial charge is 0.275 e. The van der Waals surface area contributed by atoms with Gasteiger partial charge in [0, 0.05) is 30.4 Å². The molecule has 1 N–H and O–H groups in total. The lowest BCUT2D eigenvalue weighted by Crippen LogP contribution is -2.36. The second kappa shape index (κ2) is 9.15. The Morgan fingerprint density at radius 2 is 1.84 bits per heavy atom. The summed E-state index contributed by atoms with van der Waals surface area (Å²) in [5.74, 6) is 0.550. The molecule has 8 heteroatoms. The highest BCUT2D eigenvalue weighted by Gasteiger charge is 2.19. The maximum absolute atomic E-state index is 13.2. The van der Waals surface area contributed by atoms with Crippen LogP contribution in [-0.4, -0.2) is 48.2 Å². The SMILES string of the molecule is Cc1cccc(-c2nc3n(CC(=O)N(CCO)Cc4ccccc4)c(C)cc(=O)n3n2)c1. The Morgan fingerprint density at radius 1 is 1.06 bits per heavy atom. The minimum absolute atomic E-state index is 0.0194. The van der Waals surface area contributed by atoms with Crippen molar-refractivity contribution >= 4 is 11.7 Å². The van der Waals surface area contributed by atoms with Crippen LogP contribution in [0, 0.1) is 13.8 Å². The number of amides is 1. The summed E-state index contributed by atoms with van der Waals surface area (Å²) < 4.78 is 2.91.